The maximum atomic E-state index is 5.48. The van der Waals surface area contributed by atoms with E-state index in [1.54, 1.807) is 7.11 Å². The molecule has 1 aromatic carbocycles. The summed E-state index contributed by atoms with van der Waals surface area (Å²) in [6.45, 7) is 4.77. The first-order valence-electron chi connectivity index (χ1n) is 6.84. The van der Waals surface area contributed by atoms with Crippen LogP contribution >= 0.6 is 0 Å². The summed E-state index contributed by atoms with van der Waals surface area (Å²) in [4.78, 5) is 4.54. The summed E-state index contributed by atoms with van der Waals surface area (Å²) in [5.41, 5.74) is 1.83. The van der Waals surface area contributed by atoms with Crippen LogP contribution in [0.3, 0.4) is 0 Å². The third-order valence-electron chi connectivity index (χ3n) is 3.87. The van der Waals surface area contributed by atoms with Crippen LogP contribution in [0.1, 0.15) is 43.5 Å². The van der Waals surface area contributed by atoms with Gasteiger partial charge in [0.2, 0.25) is 11.7 Å². The van der Waals surface area contributed by atoms with Gasteiger partial charge in [-0.25, -0.2) is 0 Å². The Hall–Kier alpha value is -1.88. The highest BCUT2D eigenvalue weighted by atomic mass is 16.5. The van der Waals surface area contributed by atoms with Crippen LogP contribution < -0.4 is 5.32 Å². The molecule has 0 spiro atoms. The molecule has 1 aromatic heterocycles. The molecule has 0 saturated heterocycles. The van der Waals surface area contributed by atoms with Gasteiger partial charge >= 0.3 is 0 Å². The van der Waals surface area contributed by atoms with E-state index in [0.29, 0.717) is 11.7 Å². The fourth-order valence-electron chi connectivity index (χ4n) is 2.44. The molecule has 0 amide bonds. The van der Waals surface area contributed by atoms with E-state index in [-0.39, 0.29) is 5.92 Å². The van der Waals surface area contributed by atoms with Gasteiger partial charge in [-0.15, -0.1) is 0 Å². The van der Waals surface area contributed by atoms with Crippen molar-refractivity contribution >= 4 is 5.69 Å². The standard InChI is InChI=1S/C15H19N3O2/c1-15(2,19-3)14-17-13(20-18-14)11-8-9-16-12-7-5-4-6-10(11)12/h4-7,11,16H,8-9H2,1-3H3. The number of anilines is 1. The number of para-hydroxylation sites is 1. The van der Waals surface area contributed by atoms with Crippen LogP contribution in [0.4, 0.5) is 5.69 Å². The van der Waals surface area contributed by atoms with E-state index in [0.717, 1.165) is 18.7 Å². The van der Waals surface area contributed by atoms with E-state index in [4.69, 9.17) is 9.26 Å². The molecule has 0 bridgehead atoms. The van der Waals surface area contributed by atoms with Gasteiger partial charge in [0.05, 0.1) is 5.92 Å². The highest BCUT2D eigenvalue weighted by Crippen LogP contribution is 2.36. The Labute approximate surface area is 118 Å². The number of aromatic nitrogens is 2. The quantitative estimate of drug-likeness (QED) is 0.931. The Bertz CT molecular complexity index is 607. The zero-order valence-electron chi connectivity index (χ0n) is 12.0. The van der Waals surface area contributed by atoms with E-state index in [1.165, 1.54) is 5.56 Å². The van der Waals surface area contributed by atoms with Crippen LogP contribution in [-0.4, -0.2) is 23.8 Å². The van der Waals surface area contributed by atoms with Gasteiger partial charge in [0.1, 0.15) is 5.60 Å². The lowest BCUT2D eigenvalue weighted by Crippen LogP contribution is -2.22. The summed E-state index contributed by atoms with van der Waals surface area (Å²) in [7, 11) is 1.65. The normalized spacial score (nSPS) is 18.4. The molecule has 1 aliphatic rings. The Kier molecular flexibility index (Phi) is 3.22. The molecule has 3 rings (SSSR count). The van der Waals surface area contributed by atoms with Gasteiger partial charge in [0.25, 0.3) is 0 Å². The van der Waals surface area contributed by atoms with Crippen LogP contribution in [0.2, 0.25) is 0 Å². The van der Waals surface area contributed by atoms with Crippen LogP contribution in [-0.2, 0) is 10.3 Å². The lowest BCUT2D eigenvalue weighted by atomic mass is 9.91. The molecular formula is C15H19N3O2. The molecule has 1 atom stereocenters. The van der Waals surface area contributed by atoms with E-state index in [2.05, 4.69) is 27.6 Å². The van der Waals surface area contributed by atoms with Gasteiger partial charge in [0.15, 0.2) is 0 Å². The summed E-state index contributed by atoms with van der Waals surface area (Å²) < 4.78 is 10.9. The minimum absolute atomic E-state index is 0.154. The van der Waals surface area contributed by atoms with Crippen LogP contribution in [0.25, 0.3) is 0 Å². The van der Waals surface area contributed by atoms with Crippen molar-refractivity contribution in [2.75, 3.05) is 19.0 Å². The number of ether oxygens (including phenoxy) is 1. The second-order valence-corrected chi connectivity index (χ2v) is 5.53. The molecule has 20 heavy (non-hydrogen) atoms. The minimum atomic E-state index is -0.534. The van der Waals surface area contributed by atoms with Gasteiger partial charge in [0, 0.05) is 19.3 Å². The van der Waals surface area contributed by atoms with Crippen molar-refractivity contribution in [3.63, 3.8) is 0 Å². The Morgan fingerprint density at radius 2 is 2.15 bits per heavy atom. The lowest BCUT2D eigenvalue weighted by Gasteiger charge is -2.24. The first kappa shape index (κ1) is 13.1. The SMILES string of the molecule is COC(C)(C)c1noc(C2CCNc3ccccc32)n1. The molecule has 2 aromatic rings. The summed E-state index contributed by atoms with van der Waals surface area (Å²) in [5.74, 6) is 1.41. The first-order chi connectivity index (χ1) is 9.62. The average molecular weight is 273 g/mol. The predicted molar refractivity (Wildman–Crippen MR) is 75.7 cm³/mol. The van der Waals surface area contributed by atoms with Crippen molar-refractivity contribution in [3.8, 4) is 0 Å². The first-order valence-corrected chi connectivity index (χ1v) is 6.84. The van der Waals surface area contributed by atoms with E-state index in [9.17, 15) is 0 Å². The topological polar surface area (TPSA) is 60.2 Å². The monoisotopic (exact) mass is 273 g/mol. The molecule has 5 heteroatoms. The van der Waals surface area contributed by atoms with E-state index in [1.807, 2.05) is 26.0 Å². The van der Waals surface area contributed by atoms with Crippen LogP contribution in [0.15, 0.2) is 28.8 Å². The number of hydrogen-bond acceptors (Lipinski definition) is 5. The molecule has 2 heterocycles. The summed E-state index contributed by atoms with van der Waals surface area (Å²) >= 11 is 0. The summed E-state index contributed by atoms with van der Waals surface area (Å²) in [6, 6.07) is 8.26. The minimum Gasteiger partial charge on any atom is -0.385 e. The zero-order valence-corrected chi connectivity index (χ0v) is 12.0. The van der Waals surface area contributed by atoms with E-state index >= 15 is 0 Å². The zero-order chi connectivity index (χ0) is 14.2. The highest BCUT2D eigenvalue weighted by Gasteiger charge is 2.31. The van der Waals surface area contributed by atoms with Gasteiger partial charge < -0.3 is 14.6 Å². The third kappa shape index (κ3) is 2.18. The molecule has 106 valence electrons. The number of nitrogens with zero attached hydrogens (tertiary/aromatic N) is 2. The average Bonchev–Trinajstić information content (AvgIpc) is 2.97. The molecule has 1 aliphatic heterocycles. The van der Waals surface area contributed by atoms with Crippen molar-refractivity contribution in [3.05, 3.63) is 41.5 Å². The Morgan fingerprint density at radius 3 is 2.95 bits per heavy atom. The van der Waals surface area contributed by atoms with Crippen molar-refractivity contribution in [1.82, 2.24) is 10.1 Å². The van der Waals surface area contributed by atoms with Gasteiger partial charge in [-0.2, -0.15) is 4.98 Å². The Balaban J connectivity index is 1.95. The van der Waals surface area contributed by atoms with Gasteiger partial charge in [-0.3, -0.25) is 0 Å². The third-order valence-corrected chi connectivity index (χ3v) is 3.87. The molecular weight excluding hydrogens is 254 g/mol. The van der Waals surface area contributed by atoms with Crippen molar-refractivity contribution in [2.45, 2.75) is 31.8 Å². The largest absolute Gasteiger partial charge is 0.385 e. The van der Waals surface area contributed by atoms with Crippen molar-refractivity contribution in [1.29, 1.82) is 0 Å². The molecule has 0 saturated carbocycles. The maximum absolute atomic E-state index is 5.48. The van der Waals surface area contributed by atoms with Crippen LogP contribution in [0.5, 0.6) is 0 Å². The smallest absolute Gasteiger partial charge is 0.234 e. The lowest BCUT2D eigenvalue weighted by molar-refractivity contribution is 0.00973. The van der Waals surface area contributed by atoms with Crippen LogP contribution in [0, 0.1) is 0 Å². The van der Waals surface area contributed by atoms with Crippen molar-refractivity contribution in [2.24, 2.45) is 0 Å². The number of methoxy groups -OCH3 is 1. The van der Waals surface area contributed by atoms with Gasteiger partial charge in [-0.05, 0) is 31.9 Å². The second kappa shape index (κ2) is 4.90. The number of fused-ring (bicyclic) bond motifs is 1. The Morgan fingerprint density at radius 1 is 1.35 bits per heavy atom. The number of hydrogen-bond donors (Lipinski definition) is 1. The summed E-state index contributed by atoms with van der Waals surface area (Å²) in [6.07, 6.45) is 0.950. The predicted octanol–water partition coefficient (Wildman–Crippen LogP) is 2.90. The molecule has 0 radical (unpaired) electrons. The molecule has 0 fully saturated rings. The second-order valence-electron chi connectivity index (χ2n) is 5.53. The fourth-order valence-corrected chi connectivity index (χ4v) is 2.44. The molecule has 1 unspecified atom stereocenters. The number of nitrogens with one attached hydrogen (secondary N) is 1. The highest BCUT2D eigenvalue weighted by molar-refractivity contribution is 5.56. The fraction of sp³-hybridized carbons (Fsp3) is 0.467. The maximum Gasteiger partial charge on any atom is 0.234 e. The molecule has 0 aliphatic carbocycles. The number of benzene rings is 1. The number of rotatable bonds is 3. The van der Waals surface area contributed by atoms with E-state index < -0.39 is 5.60 Å². The molecule has 1 N–H and O–H groups in total. The molecule has 5 nitrogen and oxygen atoms in total. The van der Waals surface area contributed by atoms with Gasteiger partial charge in [-0.1, -0.05) is 23.4 Å². The summed E-state index contributed by atoms with van der Waals surface area (Å²) in [5, 5.41) is 7.47. The van der Waals surface area contributed by atoms with Crippen molar-refractivity contribution < 1.29 is 9.26 Å².